The number of nitrogens with one attached hydrogen (secondary N) is 3. The minimum atomic E-state index is -0.280. The van der Waals surface area contributed by atoms with Crippen LogP contribution in [-0.2, 0) is 6.54 Å². The maximum Gasteiger partial charge on any atom is 0.315 e. The fourth-order valence-electron chi connectivity index (χ4n) is 2.25. The number of carbonyl (C=O) groups is 2. The van der Waals surface area contributed by atoms with Crippen LogP contribution in [0.5, 0.6) is 0 Å². The molecule has 24 heavy (non-hydrogen) atoms. The maximum absolute atomic E-state index is 12.0. The minimum Gasteiger partial charge on any atom is -0.355 e. The third kappa shape index (κ3) is 4.73. The Morgan fingerprint density at radius 2 is 1.75 bits per heavy atom. The smallest absolute Gasteiger partial charge is 0.315 e. The van der Waals surface area contributed by atoms with E-state index in [0.29, 0.717) is 17.1 Å². The zero-order chi connectivity index (χ0) is 17.5. The van der Waals surface area contributed by atoms with Crippen LogP contribution < -0.4 is 16.0 Å². The first kappa shape index (κ1) is 17.8. The van der Waals surface area contributed by atoms with Crippen molar-refractivity contribution in [1.82, 2.24) is 16.0 Å². The molecule has 0 radical (unpaired) electrons. The molecule has 6 heteroatoms. The Balaban J connectivity index is 1.87. The molecule has 2 aromatic carbocycles. The van der Waals surface area contributed by atoms with Gasteiger partial charge in [0.05, 0.1) is 6.04 Å². The standard InChI is InChI=1S/C18H20ClN3O2/c1-12(15-5-3-4-6-16(15)19)22-18(24)21-11-13-7-9-14(10-8-13)17(23)20-2/h3-10,12H,11H2,1-2H3,(H,20,23)(H2,21,22,24). The van der Waals surface area contributed by atoms with Gasteiger partial charge in [-0.25, -0.2) is 4.79 Å². The molecule has 0 aliphatic rings. The van der Waals surface area contributed by atoms with Gasteiger partial charge in [-0.2, -0.15) is 0 Å². The van der Waals surface area contributed by atoms with Crippen LogP contribution in [0.1, 0.15) is 34.5 Å². The lowest BCUT2D eigenvalue weighted by Gasteiger charge is -2.16. The van der Waals surface area contributed by atoms with E-state index in [2.05, 4.69) is 16.0 Å². The van der Waals surface area contributed by atoms with Gasteiger partial charge in [-0.1, -0.05) is 41.9 Å². The van der Waals surface area contributed by atoms with Crippen LogP contribution in [0.3, 0.4) is 0 Å². The summed E-state index contributed by atoms with van der Waals surface area (Å²) in [6, 6.07) is 14.0. The van der Waals surface area contributed by atoms with Crippen LogP contribution in [-0.4, -0.2) is 19.0 Å². The highest BCUT2D eigenvalue weighted by Crippen LogP contribution is 2.21. The summed E-state index contributed by atoms with van der Waals surface area (Å²) >= 11 is 6.12. The monoisotopic (exact) mass is 345 g/mol. The van der Waals surface area contributed by atoms with E-state index in [1.165, 1.54) is 0 Å². The molecule has 0 spiro atoms. The number of carbonyl (C=O) groups excluding carboxylic acids is 2. The number of rotatable bonds is 5. The van der Waals surface area contributed by atoms with Gasteiger partial charge >= 0.3 is 6.03 Å². The van der Waals surface area contributed by atoms with E-state index in [0.717, 1.165) is 11.1 Å². The maximum atomic E-state index is 12.0. The van der Waals surface area contributed by atoms with Crippen molar-refractivity contribution >= 4 is 23.5 Å². The Bertz CT molecular complexity index is 716. The fraction of sp³-hybridized carbons (Fsp3) is 0.222. The van der Waals surface area contributed by atoms with Crippen molar-refractivity contribution < 1.29 is 9.59 Å². The molecule has 2 rings (SSSR count). The molecule has 2 aromatic rings. The zero-order valence-electron chi connectivity index (χ0n) is 13.6. The second-order valence-electron chi connectivity index (χ2n) is 5.35. The molecule has 1 atom stereocenters. The van der Waals surface area contributed by atoms with Gasteiger partial charge < -0.3 is 16.0 Å². The Morgan fingerprint density at radius 1 is 1.08 bits per heavy atom. The van der Waals surface area contributed by atoms with E-state index >= 15 is 0 Å². The Kier molecular flexibility index (Phi) is 6.21. The first-order valence-corrected chi connectivity index (χ1v) is 7.99. The molecule has 0 aromatic heterocycles. The van der Waals surface area contributed by atoms with Crippen molar-refractivity contribution in [2.24, 2.45) is 0 Å². The molecular weight excluding hydrogens is 326 g/mol. The second kappa shape index (κ2) is 8.36. The molecule has 0 heterocycles. The van der Waals surface area contributed by atoms with Crippen LogP contribution in [0.25, 0.3) is 0 Å². The summed E-state index contributed by atoms with van der Waals surface area (Å²) in [6.07, 6.45) is 0. The molecule has 0 fully saturated rings. The van der Waals surface area contributed by atoms with E-state index in [1.54, 1.807) is 25.2 Å². The van der Waals surface area contributed by atoms with E-state index in [-0.39, 0.29) is 18.0 Å². The molecule has 126 valence electrons. The normalized spacial score (nSPS) is 11.5. The highest BCUT2D eigenvalue weighted by atomic mass is 35.5. The average Bonchev–Trinajstić information content (AvgIpc) is 2.60. The van der Waals surface area contributed by atoms with E-state index < -0.39 is 0 Å². The van der Waals surface area contributed by atoms with Gasteiger partial charge in [0.15, 0.2) is 0 Å². The van der Waals surface area contributed by atoms with Gasteiger partial charge in [0.2, 0.25) is 0 Å². The van der Waals surface area contributed by atoms with Crippen molar-refractivity contribution in [3.8, 4) is 0 Å². The largest absolute Gasteiger partial charge is 0.355 e. The number of amides is 3. The van der Waals surface area contributed by atoms with Crippen molar-refractivity contribution in [3.63, 3.8) is 0 Å². The number of urea groups is 1. The summed E-state index contributed by atoms with van der Waals surface area (Å²) in [5.41, 5.74) is 2.35. The van der Waals surface area contributed by atoms with Gasteiger partial charge in [0, 0.05) is 24.2 Å². The molecule has 0 aliphatic heterocycles. The summed E-state index contributed by atoms with van der Waals surface area (Å²) in [6.45, 7) is 2.24. The average molecular weight is 346 g/mol. The lowest BCUT2D eigenvalue weighted by molar-refractivity contribution is 0.0963. The Hall–Kier alpha value is -2.53. The highest BCUT2D eigenvalue weighted by molar-refractivity contribution is 6.31. The van der Waals surface area contributed by atoms with Crippen molar-refractivity contribution in [2.45, 2.75) is 19.5 Å². The first-order valence-electron chi connectivity index (χ1n) is 7.61. The molecule has 0 bridgehead atoms. The molecule has 0 saturated carbocycles. The topological polar surface area (TPSA) is 70.2 Å². The molecule has 3 N–H and O–H groups in total. The molecular formula is C18H20ClN3O2. The van der Waals surface area contributed by atoms with Crippen molar-refractivity contribution in [3.05, 3.63) is 70.2 Å². The number of halogens is 1. The van der Waals surface area contributed by atoms with Crippen LogP contribution in [0.4, 0.5) is 4.79 Å². The van der Waals surface area contributed by atoms with Gasteiger partial charge in [0.1, 0.15) is 0 Å². The molecule has 5 nitrogen and oxygen atoms in total. The summed E-state index contributed by atoms with van der Waals surface area (Å²) < 4.78 is 0. The predicted molar refractivity (Wildman–Crippen MR) is 95.1 cm³/mol. The van der Waals surface area contributed by atoms with Gasteiger partial charge in [-0.15, -0.1) is 0 Å². The van der Waals surface area contributed by atoms with E-state index in [1.807, 2.05) is 37.3 Å². The number of benzene rings is 2. The first-order chi connectivity index (χ1) is 11.5. The third-order valence-corrected chi connectivity index (χ3v) is 3.96. The lowest BCUT2D eigenvalue weighted by Crippen LogP contribution is -2.36. The number of hydrogen-bond donors (Lipinski definition) is 3. The summed E-state index contributed by atoms with van der Waals surface area (Å²) in [7, 11) is 1.59. The number of hydrogen-bond acceptors (Lipinski definition) is 2. The quantitative estimate of drug-likeness (QED) is 0.778. The van der Waals surface area contributed by atoms with Gasteiger partial charge in [0.25, 0.3) is 5.91 Å². The minimum absolute atomic E-state index is 0.138. The van der Waals surface area contributed by atoms with Crippen molar-refractivity contribution in [2.75, 3.05) is 7.05 Å². The van der Waals surface area contributed by atoms with Gasteiger partial charge in [-0.05, 0) is 36.2 Å². The molecule has 0 saturated heterocycles. The lowest BCUT2D eigenvalue weighted by atomic mass is 10.1. The molecule has 3 amide bonds. The van der Waals surface area contributed by atoms with Crippen LogP contribution >= 0.6 is 11.6 Å². The summed E-state index contributed by atoms with van der Waals surface area (Å²) in [5.74, 6) is -0.138. The predicted octanol–water partition coefficient (Wildman–Crippen LogP) is 3.26. The second-order valence-corrected chi connectivity index (χ2v) is 5.75. The van der Waals surface area contributed by atoms with Gasteiger partial charge in [-0.3, -0.25) is 4.79 Å². The van der Waals surface area contributed by atoms with Crippen LogP contribution in [0.2, 0.25) is 5.02 Å². The van der Waals surface area contributed by atoms with Crippen LogP contribution in [0.15, 0.2) is 48.5 Å². The Labute approximate surface area is 146 Å². The zero-order valence-corrected chi connectivity index (χ0v) is 14.4. The highest BCUT2D eigenvalue weighted by Gasteiger charge is 2.12. The fourth-order valence-corrected chi connectivity index (χ4v) is 2.55. The van der Waals surface area contributed by atoms with E-state index in [9.17, 15) is 9.59 Å². The Morgan fingerprint density at radius 3 is 2.38 bits per heavy atom. The molecule has 0 aliphatic carbocycles. The third-order valence-electron chi connectivity index (χ3n) is 3.62. The van der Waals surface area contributed by atoms with E-state index in [4.69, 9.17) is 11.6 Å². The molecule has 1 unspecified atom stereocenters. The summed E-state index contributed by atoms with van der Waals surface area (Å²) in [5, 5.41) is 8.82. The summed E-state index contributed by atoms with van der Waals surface area (Å²) in [4.78, 5) is 23.5. The SMILES string of the molecule is CNC(=O)c1ccc(CNC(=O)NC(C)c2ccccc2Cl)cc1. The van der Waals surface area contributed by atoms with Crippen LogP contribution in [0, 0.1) is 0 Å². The van der Waals surface area contributed by atoms with Crippen molar-refractivity contribution in [1.29, 1.82) is 0 Å².